The Bertz CT molecular complexity index is 675. The second-order valence-corrected chi connectivity index (χ2v) is 5.65. The lowest BCUT2D eigenvalue weighted by Gasteiger charge is -2.09. The van der Waals surface area contributed by atoms with Gasteiger partial charge in [-0.25, -0.2) is 4.39 Å². The number of anilines is 1. The average molecular weight is 322 g/mol. The van der Waals surface area contributed by atoms with E-state index in [2.05, 4.69) is 11.9 Å². The summed E-state index contributed by atoms with van der Waals surface area (Å²) in [7, 11) is 0. The van der Waals surface area contributed by atoms with E-state index < -0.39 is 5.82 Å². The molecule has 0 aromatic heterocycles. The fraction of sp³-hybridized carbons (Fsp3) is 0.0625. The minimum Gasteiger partial charge on any atom is -0.322 e. The first-order valence-corrected chi connectivity index (χ1v) is 7.57. The molecule has 0 radical (unpaired) electrons. The lowest BCUT2D eigenvalue weighted by Crippen LogP contribution is -2.13. The average Bonchev–Trinajstić information content (AvgIpc) is 2.49. The highest BCUT2D eigenvalue weighted by molar-refractivity contribution is 7.99. The molecule has 0 unspecified atom stereocenters. The standard InChI is InChI=1S/C16H13ClFNOS/c1-2-9-21-15-6-4-3-5-12(15)16(20)19-11-7-8-14(18)13(17)10-11/h2-8,10H,1,9H2,(H,19,20). The molecule has 21 heavy (non-hydrogen) atoms. The SMILES string of the molecule is C=CCSc1ccccc1C(=O)Nc1ccc(F)c(Cl)c1. The minimum absolute atomic E-state index is 0.0258. The molecular weight excluding hydrogens is 309 g/mol. The Morgan fingerprint density at radius 3 is 2.81 bits per heavy atom. The van der Waals surface area contributed by atoms with Crippen LogP contribution in [0.2, 0.25) is 5.02 Å². The van der Waals surface area contributed by atoms with E-state index in [1.165, 1.54) is 30.0 Å². The number of hydrogen-bond donors (Lipinski definition) is 1. The molecular formula is C16H13ClFNOS. The second-order valence-electron chi connectivity index (χ2n) is 4.18. The van der Waals surface area contributed by atoms with E-state index in [1.807, 2.05) is 12.1 Å². The molecule has 0 bridgehead atoms. The largest absolute Gasteiger partial charge is 0.322 e. The van der Waals surface area contributed by atoms with Crippen LogP contribution in [-0.4, -0.2) is 11.7 Å². The van der Waals surface area contributed by atoms with Gasteiger partial charge in [0, 0.05) is 16.3 Å². The third kappa shape index (κ3) is 4.09. The summed E-state index contributed by atoms with van der Waals surface area (Å²) in [6.07, 6.45) is 1.78. The first-order valence-electron chi connectivity index (χ1n) is 6.21. The van der Waals surface area contributed by atoms with Crippen molar-refractivity contribution < 1.29 is 9.18 Å². The normalized spacial score (nSPS) is 10.2. The zero-order valence-corrected chi connectivity index (χ0v) is 12.7. The van der Waals surface area contributed by atoms with Crippen molar-refractivity contribution in [1.29, 1.82) is 0 Å². The molecule has 0 spiro atoms. The third-order valence-electron chi connectivity index (χ3n) is 2.67. The monoisotopic (exact) mass is 321 g/mol. The van der Waals surface area contributed by atoms with Gasteiger partial charge < -0.3 is 5.32 Å². The molecule has 1 N–H and O–H groups in total. The topological polar surface area (TPSA) is 29.1 Å². The first-order chi connectivity index (χ1) is 10.1. The van der Waals surface area contributed by atoms with Crippen LogP contribution < -0.4 is 5.32 Å². The molecule has 0 heterocycles. The summed E-state index contributed by atoms with van der Waals surface area (Å²) in [5.41, 5.74) is 1.01. The highest BCUT2D eigenvalue weighted by Crippen LogP contribution is 2.24. The Morgan fingerprint density at radius 1 is 1.33 bits per heavy atom. The molecule has 0 aliphatic rings. The molecule has 0 atom stereocenters. The molecule has 1 amide bonds. The van der Waals surface area contributed by atoms with Gasteiger partial charge in [-0.1, -0.05) is 29.8 Å². The van der Waals surface area contributed by atoms with Gasteiger partial charge in [0.15, 0.2) is 0 Å². The molecule has 0 aliphatic carbocycles. The predicted molar refractivity (Wildman–Crippen MR) is 86.7 cm³/mol. The van der Waals surface area contributed by atoms with Crippen LogP contribution in [0.15, 0.2) is 60.0 Å². The van der Waals surface area contributed by atoms with Gasteiger partial charge >= 0.3 is 0 Å². The van der Waals surface area contributed by atoms with Gasteiger partial charge in [-0.15, -0.1) is 18.3 Å². The number of thioether (sulfide) groups is 1. The van der Waals surface area contributed by atoms with E-state index in [4.69, 9.17) is 11.6 Å². The molecule has 5 heteroatoms. The summed E-state index contributed by atoms with van der Waals surface area (Å²) in [6, 6.07) is 11.4. The van der Waals surface area contributed by atoms with Gasteiger partial charge in [-0.05, 0) is 30.3 Å². The summed E-state index contributed by atoms with van der Waals surface area (Å²) in [6.45, 7) is 3.66. The summed E-state index contributed by atoms with van der Waals surface area (Å²) < 4.78 is 13.1. The van der Waals surface area contributed by atoms with E-state index in [0.717, 1.165) is 4.90 Å². The molecule has 0 saturated heterocycles. The molecule has 108 valence electrons. The van der Waals surface area contributed by atoms with Gasteiger partial charge in [-0.2, -0.15) is 0 Å². The zero-order chi connectivity index (χ0) is 15.2. The Labute approximate surface area is 132 Å². The maximum atomic E-state index is 13.1. The molecule has 2 aromatic rings. The summed E-state index contributed by atoms with van der Waals surface area (Å²) >= 11 is 7.23. The van der Waals surface area contributed by atoms with Gasteiger partial charge in [0.2, 0.25) is 0 Å². The molecule has 0 saturated carbocycles. The highest BCUT2D eigenvalue weighted by atomic mass is 35.5. The zero-order valence-electron chi connectivity index (χ0n) is 11.1. The van der Waals surface area contributed by atoms with Crippen molar-refractivity contribution in [3.05, 3.63) is 71.5 Å². The molecule has 0 fully saturated rings. The van der Waals surface area contributed by atoms with Crippen LogP contribution in [0.25, 0.3) is 0 Å². The van der Waals surface area contributed by atoms with Gasteiger partial charge in [0.25, 0.3) is 5.91 Å². The van der Waals surface area contributed by atoms with E-state index in [1.54, 1.807) is 18.2 Å². The second kappa shape index (κ2) is 7.29. The van der Waals surface area contributed by atoms with Crippen LogP contribution in [0, 0.1) is 5.82 Å². The lowest BCUT2D eigenvalue weighted by atomic mass is 10.2. The van der Waals surface area contributed by atoms with E-state index in [9.17, 15) is 9.18 Å². The third-order valence-corrected chi connectivity index (χ3v) is 4.02. The first kappa shape index (κ1) is 15.6. The van der Waals surface area contributed by atoms with Crippen molar-refractivity contribution in [2.45, 2.75) is 4.90 Å². The Morgan fingerprint density at radius 2 is 2.10 bits per heavy atom. The van der Waals surface area contributed by atoms with Crippen LogP contribution in [0.1, 0.15) is 10.4 Å². The van der Waals surface area contributed by atoms with Crippen molar-refractivity contribution in [2.24, 2.45) is 0 Å². The number of carbonyl (C=O) groups excluding carboxylic acids is 1. The van der Waals surface area contributed by atoms with E-state index >= 15 is 0 Å². The Balaban J connectivity index is 2.19. The Kier molecular flexibility index (Phi) is 5.42. The summed E-state index contributed by atoms with van der Waals surface area (Å²) in [5.74, 6) is -0.0615. The van der Waals surface area contributed by atoms with Crippen molar-refractivity contribution in [3.8, 4) is 0 Å². The maximum absolute atomic E-state index is 13.1. The molecule has 0 aliphatic heterocycles. The fourth-order valence-electron chi connectivity index (χ4n) is 1.70. The highest BCUT2D eigenvalue weighted by Gasteiger charge is 2.12. The van der Waals surface area contributed by atoms with Crippen molar-refractivity contribution >= 4 is 35.0 Å². The van der Waals surface area contributed by atoms with Gasteiger partial charge in [0.05, 0.1) is 10.6 Å². The number of amides is 1. The summed E-state index contributed by atoms with van der Waals surface area (Å²) in [4.78, 5) is 13.2. The maximum Gasteiger partial charge on any atom is 0.256 e. The number of halogens is 2. The quantitative estimate of drug-likeness (QED) is 0.619. The molecule has 2 rings (SSSR count). The van der Waals surface area contributed by atoms with Crippen molar-refractivity contribution in [1.82, 2.24) is 0 Å². The lowest BCUT2D eigenvalue weighted by molar-refractivity contribution is 0.102. The van der Waals surface area contributed by atoms with Crippen LogP contribution in [-0.2, 0) is 0 Å². The summed E-state index contributed by atoms with van der Waals surface area (Å²) in [5, 5.41) is 2.69. The predicted octanol–water partition coefficient (Wildman–Crippen LogP) is 5.01. The van der Waals surface area contributed by atoms with Crippen molar-refractivity contribution in [2.75, 3.05) is 11.1 Å². The fourth-order valence-corrected chi connectivity index (χ4v) is 2.67. The van der Waals surface area contributed by atoms with Gasteiger partial charge in [-0.3, -0.25) is 4.79 Å². The molecule has 2 aromatic carbocycles. The van der Waals surface area contributed by atoms with Crippen LogP contribution in [0.3, 0.4) is 0 Å². The number of benzene rings is 2. The number of rotatable bonds is 5. The smallest absolute Gasteiger partial charge is 0.256 e. The number of carbonyl (C=O) groups is 1. The van der Waals surface area contributed by atoms with Crippen LogP contribution in [0.5, 0.6) is 0 Å². The number of nitrogens with one attached hydrogen (secondary N) is 1. The van der Waals surface area contributed by atoms with Gasteiger partial charge in [0.1, 0.15) is 5.82 Å². The van der Waals surface area contributed by atoms with Crippen LogP contribution >= 0.6 is 23.4 Å². The van der Waals surface area contributed by atoms with E-state index in [-0.39, 0.29) is 10.9 Å². The van der Waals surface area contributed by atoms with E-state index in [0.29, 0.717) is 17.0 Å². The molecule has 2 nitrogen and oxygen atoms in total. The van der Waals surface area contributed by atoms with Crippen molar-refractivity contribution in [3.63, 3.8) is 0 Å². The Hall–Kier alpha value is -1.78. The minimum atomic E-state index is -0.517. The van der Waals surface area contributed by atoms with Crippen LogP contribution in [0.4, 0.5) is 10.1 Å². The number of hydrogen-bond acceptors (Lipinski definition) is 2.